The number of anilines is 1. The molecular formula is C14H18BrN3O2. The van der Waals surface area contributed by atoms with E-state index < -0.39 is 0 Å². The second-order valence-electron chi connectivity index (χ2n) is 5.15. The highest BCUT2D eigenvalue weighted by atomic mass is 79.9. The summed E-state index contributed by atoms with van der Waals surface area (Å²) in [5, 5.41) is 3.31. The van der Waals surface area contributed by atoms with Gasteiger partial charge in [0.1, 0.15) is 0 Å². The van der Waals surface area contributed by atoms with Crippen LogP contribution in [0.5, 0.6) is 0 Å². The van der Waals surface area contributed by atoms with Gasteiger partial charge in [-0.15, -0.1) is 0 Å². The van der Waals surface area contributed by atoms with Crippen LogP contribution in [0.25, 0.3) is 0 Å². The monoisotopic (exact) mass is 339 g/mol. The second-order valence-corrected chi connectivity index (χ2v) is 6.01. The number of carbonyl (C=O) groups is 2. The van der Waals surface area contributed by atoms with Gasteiger partial charge in [-0.2, -0.15) is 0 Å². The topological polar surface area (TPSA) is 52.7 Å². The lowest BCUT2D eigenvalue weighted by Crippen LogP contribution is -2.39. The van der Waals surface area contributed by atoms with E-state index in [2.05, 4.69) is 26.1 Å². The van der Waals surface area contributed by atoms with Crippen LogP contribution in [0, 0.1) is 0 Å². The number of hydrogen-bond donors (Lipinski definition) is 1. The molecule has 0 radical (unpaired) electrons. The van der Waals surface area contributed by atoms with Gasteiger partial charge in [-0.1, -0.05) is 0 Å². The molecule has 1 aromatic rings. The van der Waals surface area contributed by atoms with E-state index in [-0.39, 0.29) is 18.2 Å². The van der Waals surface area contributed by atoms with Crippen molar-refractivity contribution in [1.82, 2.24) is 9.80 Å². The van der Waals surface area contributed by atoms with E-state index >= 15 is 0 Å². The van der Waals surface area contributed by atoms with Gasteiger partial charge >= 0.3 is 0 Å². The first-order chi connectivity index (χ1) is 9.40. The van der Waals surface area contributed by atoms with Crippen molar-refractivity contribution in [3.8, 4) is 0 Å². The number of rotatable bonds is 4. The maximum Gasteiger partial charge on any atom is 0.260 e. The molecule has 2 rings (SSSR count). The molecule has 1 N–H and O–H groups in total. The zero-order valence-corrected chi connectivity index (χ0v) is 13.5. The van der Waals surface area contributed by atoms with Crippen molar-refractivity contribution in [2.24, 2.45) is 0 Å². The number of likely N-dealkylation sites (N-methyl/N-ethyl adjacent to an activating group) is 2. The van der Waals surface area contributed by atoms with Crippen LogP contribution in [0.15, 0.2) is 16.6 Å². The number of benzene rings is 1. The van der Waals surface area contributed by atoms with Gasteiger partial charge in [0.25, 0.3) is 5.91 Å². The van der Waals surface area contributed by atoms with E-state index in [1.165, 1.54) is 11.9 Å². The highest BCUT2D eigenvalue weighted by Crippen LogP contribution is 2.30. The zero-order chi connectivity index (χ0) is 14.9. The van der Waals surface area contributed by atoms with E-state index in [0.29, 0.717) is 5.56 Å². The molecule has 20 heavy (non-hydrogen) atoms. The van der Waals surface area contributed by atoms with Gasteiger partial charge < -0.3 is 10.2 Å². The zero-order valence-electron chi connectivity index (χ0n) is 11.9. The Kier molecular flexibility index (Phi) is 4.45. The Hall–Kier alpha value is -1.40. The third-order valence-corrected chi connectivity index (χ3v) is 3.97. The molecule has 0 aromatic heterocycles. The summed E-state index contributed by atoms with van der Waals surface area (Å²) in [7, 11) is 5.54. The van der Waals surface area contributed by atoms with Gasteiger partial charge in [0.2, 0.25) is 5.91 Å². The number of halogens is 1. The fourth-order valence-electron chi connectivity index (χ4n) is 2.09. The predicted octanol–water partition coefficient (Wildman–Crippen LogP) is 1.58. The van der Waals surface area contributed by atoms with Crippen molar-refractivity contribution < 1.29 is 9.59 Å². The van der Waals surface area contributed by atoms with Crippen molar-refractivity contribution in [1.29, 1.82) is 0 Å². The molecule has 0 aliphatic carbocycles. The maximum atomic E-state index is 12.1. The molecule has 5 nitrogen and oxygen atoms in total. The first-order valence-corrected chi connectivity index (χ1v) is 7.21. The SMILES string of the molecule is CN(C)CCNc1cc2c(cc1Br)C(=O)N(C)C(=O)C2. The minimum absolute atomic E-state index is 0.163. The number of nitrogens with zero attached hydrogens (tertiary/aromatic N) is 2. The number of fused-ring (bicyclic) bond motifs is 1. The molecule has 0 spiro atoms. The smallest absolute Gasteiger partial charge is 0.260 e. The molecule has 0 bridgehead atoms. The third kappa shape index (κ3) is 3.02. The Bertz CT molecular complexity index is 558. The minimum atomic E-state index is -0.239. The van der Waals surface area contributed by atoms with E-state index in [0.717, 1.165) is 28.8 Å². The number of hydrogen-bond acceptors (Lipinski definition) is 4. The molecule has 0 atom stereocenters. The minimum Gasteiger partial charge on any atom is -0.383 e. The normalized spacial score (nSPS) is 14.8. The molecule has 0 saturated heterocycles. The van der Waals surface area contributed by atoms with Gasteiger partial charge in [-0.25, -0.2) is 0 Å². The van der Waals surface area contributed by atoms with Crippen LogP contribution in [0.2, 0.25) is 0 Å². The summed E-state index contributed by atoms with van der Waals surface area (Å²) < 4.78 is 0.839. The van der Waals surface area contributed by atoms with E-state index in [4.69, 9.17) is 0 Å². The average Bonchev–Trinajstić information content (AvgIpc) is 2.38. The summed E-state index contributed by atoms with van der Waals surface area (Å²) >= 11 is 3.47. The summed E-state index contributed by atoms with van der Waals surface area (Å²) in [5.74, 6) is -0.402. The van der Waals surface area contributed by atoms with Crippen LogP contribution in [0.4, 0.5) is 5.69 Å². The first kappa shape index (κ1) is 15.0. The largest absolute Gasteiger partial charge is 0.383 e. The van der Waals surface area contributed by atoms with Gasteiger partial charge in [0.15, 0.2) is 0 Å². The van der Waals surface area contributed by atoms with Crippen molar-refractivity contribution >= 4 is 33.4 Å². The van der Waals surface area contributed by atoms with Crippen molar-refractivity contribution in [3.05, 3.63) is 27.7 Å². The van der Waals surface area contributed by atoms with Gasteiger partial charge in [-0.05, 0) is 47.7 Å². The second kappa shape index (κ2) is 5.93. The highest BCUT2D eigenvalue weighted by Gasteiger charge is 2.28. The molecule has 1 aliphatic rings. The van der Waals surface area contributed by atoms with E-state index in [9.17, 15) is 9.59 Å². The molecule has 1 heterocycles. The van der Waals surface area contributed by atoms with Crippen LogP contribution in [-0.2, 0) is 11.2 Å². The standard InChI is InChI=1S/C14H18BrN3O2/c1-17(2)5-4-16-12-6-9-7-13(19)18(3)14(20)10(9)8-11(12)15/h6,8,16H,4-5,7H2,1-3H3. The lowest BCUT2D eigenvalue weighted by Gasteiger charge is -2.24. The Morgan fingerprint density at radius 3 is 2.70 bits per heavy atom. The summed E-state index contributed by atoms with van der Waals surface area (Å²) in [6, 6.07) is 3.68. The molecule has 2 amide bonds. The number of carbonyl (C=O) groups excluding carboxylic acids is 2. The molecule has 0 unspecified atom stereocenters. The highest BCUT2D eigenvalue weighted by molar-refractivity contribution is 9.10. The van der Waals surface area contributed by atoms with Gasteiger partial charge in [-0.3, -0.25) is 14.5 Å². The molecule has 6 heteroatoms. The first-order valence-electron chi connectivity index (χ1n) is 6.42. The van der Waals surface area contributed by atoms with E-state index in [1.807, 2.05) is 20.2 Å². The van der Waals surface area contributed by atoms with Crippen LogP contribution in [-0.4, -0.2) is 55.8 Å². The Balaban J connectivity index is 2.24. The fraction of sp³-hybridized carbons (Fsp3) is 0.429. The lowest BCUT2D eigenvalue weighted by atomic mass is 9.98. The molecule has 108 valence electrons. The summed E-state index contributed by atoms with van der Waals surface area (Å²) in [4.78, 5) is 27.0. The predicted molar refractivity (Wildman–Crippen MR) is 82.0 cm³/mol. The number of amides is 2. The van der Waals surface area contributed by atoms with Crippen molar-refractivity contribution in [2.45, 2.75) is 6.42 Å². The summed E-state index contributed by atoms with van der Waals surface area (Å²) in [5.41, 5.74) is 2.29. The fourth-order valence-corrected chi connectivity index (χ4v) is 2.57. The molecule has 1 aliphatic heterocycles. The van der Waals surface area contributed by atoms with E-state index in [1.54, 1.807) is 6.07 Å². The summed E-state index contributed by atoms with van der Waals surface area (Å²) in [6.45, 7) is 1.70. The number of imide groups is 1. The molecule has 0 saturated carbocycles. The maximum absolute atomic E-state index is 12.1. The molecule has 1 aromatic carbocycles. The van der Waals surface area contributed by atoms with Gasteiger partial charge in [0.05, 0.1) is 6.42 Å². The van der Waals surface area contributed by atoms with Crippen LogP contribution in [0.1, 0.15) is 15.9 Å². The molecular weight excluding hydrogens is 322 g/mol. The Morgan fingerprint density at radius 1 is 1.35 bits per heavy atom. The van der Waals surface area contributed by atoms with Crippen molar-refractivity contribution in [2.75, 3.05) is 39.5 Å². The quantitative estimate of drug-likeness (QED) is 0.846. The van der Waals surface area contributed by atoms with Crippen molar-refractivity contribution in [3.63, 3.8) is 0 Å². The molecule has 0 fully saturated rings. The summed E-state index contributed by atoms with van der Waals surface area (Å²) in [6.07, 6.45) is 0.271. The van der Waals surface area contributed by atoms with Crippen LogP contribution >= 0.6 is 15.9 Å². The lowest BCUT2D eigenvalue weighted by molar-refractivity contribution is -0.127. The average molecular weight is 340 g/mol. The van der Waals surface area contributed by atoms with Crippen LogP contribution < -0.4 is 5.32 Å². The van der Waals surface area contributed by atoms with Gasteiger partial charge in [0, 0.05) is 35.9 Å². The third-order valence-electron chi connectivity index (χ3n) is 3.32. The number of nitrogens with one attached hydrogen (secondary N) is 1. The Morgan fingerprint density at radius 2 is 2.05 bits per heavy atom. The van der Waals surface area contributed by atoms with Crippen LogP contribution in [0.3, 0.4) is 0 Å². The Labute approximate surface area is 127 Å².